The van der Waals surface area contributed by atoms with E-state index in [1.807, 2.05) is 0 Å². The van der Waals surface area contributed by atoms with Crippen LogP contribution >= 0.6 is 0 Å². The zero-order valence-electron chi connectivity index (χ0n) is 9.86. The molecule has 0 aromatic carbocycles. The van der Waals surface area contributed by atoms with Gasteiger partial charge in [0.25, 0.3) is 0 Å². The highest BCUT2D eigenvalue weighted by Crippen LogP contribution is 2.17. The number of aliphatic carboxylic acids is 1. The lowest BCUT2D eigenvalue weighted by atomic mass is 9.87. The molecule has 0 fully saturated rings. The number of hydrogen-bond donors (Lipinski definition) is 4. The summed E-state index contributed by atoms with van der Waals surface area (Å²) in [6.07, 6.45) is -0.0298. The van der Waals surface area contributed by atoms with Crippen LogP contribution in [0.3, 0.4) is 0 Å². The summed E-state index contributed by atoms with van der Waals surface area (Å²) in [6, 6.07) is -1.88. The lowest BCUT2D eigenvalue weighted by Gasteiger charge is -2.27. The van der Waals surface area contributed by atoms with Crippen molar-refractivity contribution in [3.63, 3.8) is 0 Å². The molecule has 0 saturated carbocycles. The molecular weight excluding hydrogens is 212 g/mol. The Morgan fingerprint density at radius 2 is 1.88 bits per heavy atom. The molecular formula is C10H20N2O4. The molecule has 16 heavy (non-hydrogen) atoms. The second-order valence-corrected chi connectivity index (χ2v) is 4.76. The number of aliphatic hydroxyl groups excluding tert-OH is 1. The predicted octanol–water partition coefficient (Wildman–Crippen LogP) is -0.688. The number of rotatable bonds is 5. The molecule has 0 heterocycles. The van der Waals surface area contributed by atoms with Crippen molar-refractivity contribution >= 4 is 11.9 Å². The molecule has 0 aliphatic carbocycles. The third-order valence-electron chi connectivity index (χ3n) is 2.25. The fraction of sp³-hybridized carbons (Fsp3) is 0.800. The molecule has 0 aromatic rings. The van der Waals surface area contributed by atoms with E-state index >= 15 is 0 Å². The van der Waals surface area contributed by atoms with Gasteiger partial charge in [-0.05, 0) is 5.41 Å². The Hall–Kier alpha value is -1.14. The van der Waals surface area contributed by atoms with E-state index in [2.05, 4.69) is 5.32 Å². The number of nitrogens with two attached hydrogens (primary N) is 1. The van der Waals surface area contributed by atoms with Crippen LogP contribution in [0, 0.1) is 5.41 Å². The van der Waals surface area contributed by atoms with Gasteiger partial charge in [0.05, 0.1) is 6.04 Å². The van der Waals surface area contributed by atoms with Gasteiger partial charge >= 0.3 is 5.97 Å². The van der Waals surface area contributed by atoms with E-state index in [4.69, 9.17) is 15.9 Å². The zero-order valence-corrected chi connectivity index (χ0v) is 9.86. The van der Waals surface area contributed by atoms with Crippen LogP contribution in [0.4, 0.5) is 0 Å². The molecule has 0 radical (unpaired) electrons. The van der Waals surface area contributed by atoms with E-state index in [0.717, 1.165) is 0 Å². The SMILES string of the molecule is CC(C)(C)[C@@H](N)C(=O)N[C@H](CCO)C(=O)O. The van der Waals surface area contributed by atoms with Gasteiger partial charge in [0, 0.05) is 13.0 Å². The molecule has 5 N–H and O–H groups in total. The highest BCUT2D eigenvalue weighted by molar-refractivity contribution is 5.87. The second-order valence-electron chi connectivity index (χ2n) is 4.76. The number of carbonyl (C=O) groups excluding carboxylic acids is 1. The summed E-state index contributed by atoms with van der Waals surface area (Å²) in [4.78, 5) is 22.3. The Balaban J connectivity index is 4.46. The summed E-state index contributed by atoms with van der Waals surface area (Å²) in [5.74, 6) is -1.70. The standard InChI is InChI=1S/C10H20N2O4/c1-10(2,3)7(11)8(14)12-6(4-5-13)9(15)16/h6-7,13H,4-5,11H2,1-3H3,(H,12,14)(H,15,16)/t6-,7+/m1/s1. The monoisotopic (exact) mass is 232 g/mol. The first-order valence-electron chi connectivity index (χ1n) is 5.09. The van der Waals surface area contributed by atoms with Gasteiger partial charge in [0.2, 0.25) is 5.91 Å². The van der Waals surface area contributed by atoms with Gasteiger partial charge in [-0.15, -0.1) is 0 Å². The first-order chi connectivity index (χ1) is 7.20. The lowest BCUT2D eigenvalue weighted by molar-refractivity contribution is -0.142. The van der Waals surface area contributed by atoms with Gasteiger partial charge in [0.1, 0.15) is 6.04 Å². The van der Waals surface area contributed by atoms with Gasteiger partial charge in [-0.3, -0.25) is 4.79 Å². The summed E-state index contributed by atoms with van der Waals surface area (Å²) in [5, 5.41) is 19.7. The van der Waals surface area contributed by atoms with Crippen molar-refractivity contribution in [2.45, 2.75) is 39.3 Å². The summed E-state index contributed by atoms with van der Waals surface area (Å²) in [6.45, 7) is 5.07. The van der Waals surface area contributed by atoms with Crippen LogP contribution < -0.4 is 11.1 Å². The molecule has 0 aromatic heterocycles. The summed E-state index contributed by atoms with van der Waals surface area (Å²) in [5.41, 5.74) is 5.23. The van der Waals surface area contributed by atoms with Gasteiger partial charge in [-0.1, -0.05) is 20.8 Å². The molecule has 0 bridgehead atoms. The molecule has 1 amide bonds. The molecule has 2 atom stereocenters. The van der Waals surface area contributed by atoms with Gasteiger partial charge in [-0.25, -0.2) is 4.79 Å². The molecule has 0 spiro atoms. The molecule has 0 saturated heterocycles. The third kappa shape index (κ3) is 4.59. The number of nitrogens with one attached hydrogen (secondary N) is 1. The molecule has 0 unspecified atom stereocenters. The van der Waals surface area contributed by atoms with E-state index < -0.39 is 29.4 Å². The predicted molar refractivity (Wildman–Crippen MR) is 58.7 cm³/mol. The summed E-state index contributed by atoms with van der Waals surface area (Å²) < 4.78 is 0. The molecule has 6 heteroatoms. The normalized spacial score (nSPS) is 15.3. The smallest absolute Gasteiger partial charge is 0.326 e. The zero-order chi connectivity index (χ0) is 12.9. The van der Waals surface area contributed by atoms with E-state index in [-0.39, 0.29) is 13.0 Å². The number of carbonyl (C=O) groups is 2. The minimum atomic E-state index is -1.18. The van der Waals surface area contributed by atoms with Crippen LogP contribution in [0.25, 0.3) is 0 Å². The van der Waals surface area contributed by atoms with E-state index in [1.54, 1.807) is 20.8 Å². The van der Waals surface area contributed by atoms with Crippen LogP contribution in [-0.2, 0) is 9.59 Å². The Morgan fingerprint density at radius 3 is 2.19 bits per heavy atom. The van der Waals surface area contributed by atoms with Crippen LogP contribution in [0.15, 0.2) is 0 Å². The Bertz CT molecular complexity index is 260. The summed E-state index contributed by atoms with van der Waals surface area (Å²) >= 11 is 0. The van der Waals surface area contributed by atoms with Crippen molar-refractivity contribution in [3.05, 3.63) is 0 Å². The van der Waals surface area contributed by atoms with Crippen LogP contribution in [0.1, 0.15) is 27.2 Å². The average molecular weight is 232 g/mol. The van der Waals surface area contributed by atoms with E-state index in [9.17, 15) is 9.59 Å². The quantitative estimate of drug-likeness (QED) is 0.501. The summed E-state index contributed by atoms with van der Waals surface area (Å²) in [7, 11) is 0. The minimum Gasteiger partial charge on any atom is -0.480 e. The van der Waals surface area contributed by atoms with Crippen molar-refractivity contribution in [2.24, 2.45) is 11.1 Å². The lowest BCUT2D eigenvalue weighted by Crippen LogP contribution is -2.53. The maximum absolute atomic E-state index is 11.6. The van der Waals surface area contributed by atoms with Crippen molar-refractivity contribution in [1.82, 2.24) is 5.32 Å². The van der Waals surface area contributed by atoms with Crippen LogP contribution in [0.2, 0.25) is 0 Å². The minimum absolute atomic E-state index is 0.0298. The number of aliphatic hydroxyl groups is 1. The molecule has 0 aliphatic rings. The van der Waals surface area contributed by atoms with Crippen molar-refractivity contribution < 1.29 is 19.8 Å². The van der Waals surface area contributed by atoms with Crippen molar-refractivity contribution in [1.29, 1.82) is 0 Å². The fourth-order valence-electron chi connectivity index (χ4n) is 1.04. The maximum atomic E-state index is 11.6. The fourth-order valence-corrected chi connectivity index (χ4v) is 1.04. The number of carboxylic acids is 1. The number of carboxylic acid groups (broad SMARTS) is 1. The molecule has 6 nitrogen and oxygen atoms in total. The third-order valence-corrected chi connectivity index (χ3v) is 2.25. The number of hydrogen-bond acceptors (Lipinski definition) is 4. The second kappa shape index (κ2) is 5.81. The first-order valence-corrected chi connectivity index (χ1v) is 5.09. The topological polar surface area (TPSA) is 113 Å². The van der Waals surface area contributed by atoms with Crippen LogP contribution in [-0.4, -0.2) is 40.8 Å². The maximum Gasteiger partial charge on any atom is 0.326 e. The number of amides is 1. The average Bonchev–Trinajstić information content (AvgIpc) is 2.14. The van der Waals surface area contributed by atoms with Crippen LogP contribution in [0.5, 0.6) is 0 Å². The van der Waals surface area contributed by atoms with E-state index in [1.165, 1.54) is 0 Å². The highest BCUT2D eigenvalue weighted by atomic mass is 16.4. The molecule has 94 valence electrons. The highest BCUT2D eigenvalue weighted by Gasteiger charge is 2.30. The Morgan fingerprint density at radius 1 is 1.38 bits per heavy atom. The molecule has 0 rings (SSSR count). The van der Waals surface area contributed by atoms with Crippen molar-refractivity contribution in [2.75, 3.05) is 6.61 Å². The Kier molecular flexibility index (Phi) is 5.40. The molecule has 0 aliphatic heterocycles. The van der Waals surface area contributed by atoms with Gasteiger partial charge in [0.15, 0.2) is 0 Å². The van der Waals surface area contributed by atoms with Gasteiger partial charge in [-0.2, -0.15) is 0 Å². The Labute approximate surface area is 94.8 Å². The first kappa shape index (κ1) is 14.9. The largest absolute Gasteiger partial charge is 0.480 e. The van der Waals surface area contributed by atoms with Crippen molar-refractivity contribution in [3.8, 4) is 0 Å². The van der Waals surface area contributed by atoms with Gasteiger partial charge < -0.3 is 21.3 Å². The van der Waals surface area contributed by atoms with E-state index in [0.29, 0.717) is 0 Å².